The number of anilines is 1. The molecule has 1 aromatic carbocycles. The highest BCUT2D eigenvalue weighted by molar-refractivity contribution is 5.98. The van der Waals surface area contributed by atoms with Crippen LogP contribution in [-0.4, -0.2) is 18.0 Å². The third-order valence-corrected chi connectivity index (χ3v) is 3.97. The zero-order chi connectivity index (χ0) is 13.2. The summed E-state index contributed by atoms with van der Waals surface area (Å²) in [6, 6.07) is 8.41. The molecule has 0 radical (unpaired) electrons. The highest BCUT2D eigenvalue weighted by Gasteiger charge is 2.41. The molecule has 0 fully saturated rings. The molecule has 0 amide bonds. The Bertz CT molecular complexity index is 453. The lowest BCUT2D eigenvalue weighted by Gasteiger charge is -2.39. The van der Waals surface area contributed by atoms with E-state index in [2.05, 4.69) is 54.9 Å². The van der Waals surface area contributed by atoms with Crippen LogP contribution >= 0.6 is 0 Å². The summed E-state index contributed by atoms with van der Waals surface area (Å²) < 4.78 is 0. The Morgan fingerprint density at radius 1 is 1.33 bits per heavy atom. The van der Waals surface area contributed by atoms with E-state index in [-0.39, 0.29) is 5.54 Å². The van der Waals surface area contributed by atoms with Crippen molar-refractivity contribution in [1.82, 2.24) is 0 Å². The van der Waals surface area contributed by atoms with Crippen molar-refractivity contribution in [2.45, 2.75) is 45.6 Å². The van der Waals surface area contributed by atoms with Crippen LogP contribution in [0.5, 0.6) is 0 Å². The van der Waals surface area contributed by atoms with E-state index >= 15 is 0 Å². The lowest BCUT2D eigenvalue weighted by atomic mass is 9.89. The van der Waals surface area contributed by atoms with E-state index < -0.39 is 0 Å². The van der Waals surface area contributed by atoms with Gasteiger partial charge < -0.3 is 10.6 Å². The van der Waals surface area contributed by atoms with Crippen molar-refractivity contribution in [3.63, 3.8) is 0 Å². The second-order valence-corrected chi connectivity index (χ2v) is 5.12. The van der Waals surface area contributed by atoms with Crippen LogP contribution < -0.4 is 10.6 Å². The predicted octanol–water partition coefficient (Wildman–Crippen LogP) is 3.08. The number of hydrogen-bond acceptors (Lipinski definition) is 3. The Hall–Kier alpha value is -1.51. The van der Waals surface area contributed by atoms with E-state index in [0.717, 1.165) is 25.8 Å². The van der Waals surface area contributed by atoms with Gasteiger partial charge in [-0.2, -0.15) is 0 Å². The molecule has 1 aromatic rings. The van der Waals surface area contributed by atoms with E-state index in [0.29, 0.717) is 5.96 Å². The molecule has 0 saturated carbocycles. The minimum atomic E-state index is 0.0744. The molecular formula is C15H23N3. The molecule has 1 atom stereocenters. The number of nitrogens with zero attached hydrogens (tertiary/aromatic N) is 2. The quantitative estimate of drug-likeness (QED) is 0.885. The standard InChI is InChI=1S/C15H23N3/c1-4-10-15(5-2)11-17-14(16)18(15)13-9-7-6-8-12(13)3/h6-9H,4-5,10-11H2,1-3H3,(H2,16,17). The summed E-state index contributed by atoms with van der Waals surface area (Å²) in [7, 11) is 0. The molecular weight excluding hydrogens is 222 g/mol. The van der Waals surface area contributed by atoms with Crippen LogP contribution in [0.15, 0.2) is 29.3 Å². The van der Waals surface area contributed by atoms with Crippen LogP contribution in [-0.2, 0) is 0 Å². The first-order valence-electron chi connectivity index (χ1n) is 6.80. The summed E-state index contributed by atoms with van der Waals surface area (Å²) in [5, 5.41) is 0. The summed E-state index contributed by atoms with van der Waals surface area (Å²) >= 11 is 0. The molecule has 3 heteroatoms. The number of rotatable bonds is 4. The first-order valence-corrected chi connectivity index (χ1v) is 6.80. The number of benzene rings is 1. The second kappa shape index (κ2) is 5.01. The van der Waals surface area contributed by atoms with Crippen molar-refractivity contribution in [3.05, 3.63) is 29.8 Å². The van der Waals surface area contributed by atoms with Gasteiger partial charge in [-0.25, -0.2) is 0 Å². The molecule has 2 N–H and O–H groups in total. The summed E-state index contributed by atoms with van der Waals surface area (Å²) in [5.74, 6) is 0.666. The number of hydrogen-bond donors (Lipinski definition) is 1. The maximum absolute atomic E-state index is 6.14. The highest BCUT2D eigenvalue weighted by Crippen LogP contribution is 2.36. The van der Waals surface area contributed by atoms with Crippen molar-refractivity contribution in [2.75, 3.05) is 11.4 Å². The van der Waals surface area contributed by atoms with Crippen molar-refractivity contribution in [2.24, 2.45) is 10.7 Å². The molecule has 0 bridgehead atoms. The van der Waals surface area contributed by atoms with Crippen molar-refractivity contribution in [3.8, 4) is 0 Å². The topological polar surface area (TPSA) is 41.6 Å². The third kappa shape index (κ3) is 1.98. The fraction of sp³-hybridized carbons (Fsp3) is 0.533. The van der Waals surface area contributed by atoms with Crippen LogP contribution in [0.4, 0.5) is 5.69 Å². The molecule has 98 valence electrons. The molecule has 1 aliphatic heterocycles. The van der Waals surface area contributed by atoms with Crippen molar-refractivity contribution in [1.29, 1.82) is 0 Å². The molecule has 0 aliphatic carbocycles. The van der Waals surface area contributed by atoms with Gasteiger partial charge in [-0.3, -0.25) is 4.99 Å². The van der Waals surface area contributed by atoms with Crippen LogP contribution in [0.1, 0.15) is 38.7 Å². The van der Waals surface area contributed by atoms with Crippen molar-refractivity contribution >= 4 is 11.6 Å². The Kier molecular flexibility index (Phi) is 3.60. The molecule has 18 heavy (non-hydrogen) atoms. The first kappa shape index (κ1) is 12.9. The fourth-order valence-electron chi connectivity index (χ4n) is 2.91. The largest absolute Gasteiger partial charge is 0.369 e. The van der Waals surface area contributed by atoms with Gasteiger partial charge in [0, 0.05) is 5.69 Å². The van der Waals surface area contributed by atoms with Gasteiger partial charge in [0.15, 0.2) is 5.96 Å². The van der Waals surface area contributed by atoms with Crippen LogP contribution in [0.3, 0.4) is 0 Å². The monoisotopic (exact) mass is 245 g/mol. The number of guanidine groups is 1. The summed E-state index contributed by atoms with van der Waals surface area (Å²) in [4.78, 5) is 6.75. The van der Waals surface area contributed by atoms with Gasteiger partial charge in [0.05, 0.1) is 12.1 Å². The molecule has 1 aliphatic rings. The lowest BCUT2D eigenvalue weighted by Crippen LogP contribution is -2.51. The van der Waals surface area contributed by atoms with Gasteiger partial charge in [0.1, 0.15) is 0 Å². The Labute approximate surface area is 110 Å². The Balaban J connectivity index is 2.45. The third-order valence-electron chi connectivity index (χ3n) is 3.97. The summed E-state index contributed by atoms with van der Waals surface area (Å²) in [6.07, 6.45) is 3.35. The smallest absolute Gasteiger partial charge is 0.196 e. The van der Waals surface area contributed by atoms with Gasteiger partial charge in [0.25, 0.3) is 0 Å². The van der Waals surface area contributed by atoms with Gasteiger partial charge in [-0.05, 0) is 31.4 Å². The molecule has 1 heterocycles. The molecule has 0 aromatic heterocycles. The predicted molar refractivity (Wildman–Crippen MR) is 78.1 cm³/mol. The number of para-hydroxylation sites is 1. The van der Waals surface area contributed by atoms with Crippen LogP contribution in [0.25, 0.3) is 0 Å². The highest BCUT2D eigenvalue weighted by atomic mass is 15.4. The van der Waals surface area contributed by atoms with Crippen molar-refractivity contribution < 1.29 is 0 Å². The normalized spacial score (nSPS) is 23.3. The van der Waals surface area contributed by atoms with Crippen LogP contribution in [0, 0.1) is 6.92 Å². The maximum Gasteiger partial charge on any atom is 0.196 e. The summed E-state index contributed by atoms with van der Waals surface area (Å²) in [6.45, 7) is 7.40. The maximum atomic E-state index is 6.14. The second-order valence-electron chi connectivity index (χ2n) is 5.12. The SMILES string of the molecule is CCCC1(CC)CN=C(N)N1c1ccccc1C. The fourth-order valence-corrected chi connectivity index (χ4v) is 2.91. The Morgan fingerprint density at radius 3 is 2.67 bits per heavy atom. The minimum absolute atomic E-state index is 0.0744. The van der Waals surface area contributed by atoms with Gasteiger partial charge in [-0.15, -0.1) is 0 Å². The van der Waals surface area contributed by atoms with E-state index in [4.69, 9.17) is 5.73 Å². The molecule has 2 rings (SSSR count). The van der Waals surface area contributed by atoms with E-state index in [1.807, 2.05) is 0 Å². The molecule has 3 nitrogen and oxygen atoms in total. The zero-order valence-corrected chi connectivity index (χ0v) is 11.6. The van der Waals surface area contributed by atoms with E-state index in [9.17, 15) is 0 Å². The number of nitrogens with two attached hydrogens (primary N) is 1. The minimum Gasteiger partial charge on any atom is -0.369 e. The average molecular weight is 245 g/mol. The lowest BCUT2D eigenvalue weighted by molar-refractivity contribution is 0.403. The van der Waals surface area contributed by atoms with Crippen LogP contribution in [0.2, 0.25) is 0 Å². The van der Waals surface area contributed by atoms with E-state index in [1.165, 1.54) is 11.3 Å². The average Bonchev–Trinajstić information content (AvgIpc) is 2.69. The molecule has 0 spiro atoms. The van der Waals surface area contributed by atoms with Gasteiger partial charge in [0.2, 0.25) is 0 Å². The zero-order valence-electron chi connectivity index (χ0n) is 11.6. The number of aliphatic imine (C=N–C) groups is 1. The first-order chi connectivity index (χ1) is 8.64. The molecule has 0 saturated heterocycles. The Morgan fingerprint density at radius 2 is 2.06 bits per heavy atom. The van der Waals surface area contributed by atoms with E-state index in [1.54, 1.807) is 0 Å². The number of aryl methyl sites for hydroxylation is 1. The van der Waals surface area contributed by atoms with Gasteiger partial charge in [-0.1, -0.05) is 38.5 Å². The van der Waals surface area contributed by atoms with Gasteiger partial charge >= 0.3 is 0 Å². The summed E-state index contributed by atoms with van der Waals surface area (Å²) in [5.41, 5.74) is 8.67. The molecule has 1 unspecified atom stereocenters.